The summed E-state index contributed by atoms with van der Waals surface area (Å²) in [5.41, 5.74) is 9.20. The molecule has 0 saturated heterocycles. The molecule has 0 aliphatic rings. The van der Waals surface area contributed by atoms with Gasteiger partial charge in [0, 0.05) is 5.56 Å². The molecule has 0 atom stereocenters. The summed E-state index contributed by atoms with van der Waals surface area (Å²) in [5, 5.41) is 8.79. The Kier molecular flexibility index (Phi) is 2.37. The van der Waals surface area contributed by atoms with Crippen LogP contribution in [-0.2, 0) is 0 Å². The summed E-state index contributed by atoms with van der Waals surface area (Å²) in [7, 11) is 0. The maximum Gasteiger partial charge on any atom is 0.161 e. The monoisotopic (exact) mass is 212 g/mol. The highest BCUT2D eigenvalue weighted by Crippen LogP contribution is 2.23. The van der Waals surface area contributed by atoms with Crippen molar-refractivity contribution in [2.75, 3.05) is 5.73 Å². The lowest BCUT2D eigenvalue weighted by Gasteiger charge is -2.03. The second kappa shape index (κ2) is 3.70. The zero-order valence-electron chi connectivity index (χ0n) is 9.20. The maximum absolute atomic E-state index is 8.79. The van der Waals surface area contributed by atoms with E-state index < -0.39 is 0 Å². The van der Waals surface area contributed by atoms with Crippen LogP contribution >= 0.6 is 0 Å². The minimum Gasteiger partial charge on any atom is -0.381 e. The van der Waals surface area contributed by atoms with Crippen molar-refractivity contribution >= 4 is 5.82 Å². The van der Waals surface area contributed by atoms with Crippen LogP contribution < -0.4 is 5.73 Å². The smallest absolute Gasteiger partial charge is 0.161 e. The molecule has 0 aliphatic carbocycles. The number of nitrogens with zero attached hydrogens (tertiary/aromatic N) is 2. The van der Waals surface area contributed by atoms with Crippen LogP contribution in [0.2, 0.25) is 0 Å². The number of benzene rings is 1. The lowest BCUT2D eigenvalue weighted by molar-refractivity contribution is 1.26. The Balaban J connectivity index is 2.55. The molecule has 1 aromatic heterocycles. The van der Waals surface area contributed by atoms with Crippen molar-refractivity contribution in [2.45, 2.75) is 13.8 Å². The van der Waals surface area contributed by atoms with Gasteiger partial charge in [-0.1, -0.05) is 23.8 Å². The summed E-state index contributed by atoms with van der Waals surface area (Å²) < 4.78 is 0. The molecule has 0 fully saturated rings. The molecule has 0 bridgehead atoms. The Morgan fingerprint density at radius 3 is 2.69 bits per heavy atom. The van der Waals surface area contributed by atoms with E-state index in [0.29, 0.717) is 11.5 Å². The van der Waals surface area contributed by atoms with Gasteiger partial charge in [0.05, 0.1) is 0 Å². The summed E-state index contributed by atoms with van der Waals surface area (Å²) >= 11 is 0. The molecule has 0 amide bonds. The molecule has 0 aliphatic heterocycles. The number of nitriles is 1. The number of aromatic nitrogens is 2. The van der Waals surface area contributed by atoms with Crippen LogP contribution in [0.5, 0.6) is 0 Å². The minimum atomic E-state index is 0.248. The van der Waals surface area contributed by atoms with Gasteiger partial charge in [-0.3, -0.25) is 0 Å². The number of hydrogen-bond acceptors (Lipinski definition) is 3. The first-order chi connectivity index (χ1) is 7.61. The molecule has 2 aromatic rings. The van der Waals surface area contributed by atoms with Gasteiger partial charge in [0.15, 0.2) is 11.5 Å². The average Bonchev–Trinajstić information content (AvgIpc) is 2.59. The van der Waals surface area contributed by atoms with Gasteiger partial charge in [-0.15, -0.1) is 0 Å². The van der Waals surface area contributed by atoms with Crippen molar-refractivity contribution in [3.05, 3.63) is 35.0 Å². The predicted molar refractivity (Wildman–Crippen MR) is 62.6 cm³/mol. The molecule has 0 radical (unpaired) electrons. The summed E-state index contributed by atoms with van der Waals surface area (Å²) in [6.07, 6.45) is 0. The summed E-state index contributed by atoms with van der Waals surface area (Å²) in [6.45, 7) is 4.04. The fourth-order valence-corrected chi connectivity index (χ4v) is 1.68. The maximum atomic E-state index is 8.79. The third-order valence-corrected chi connectivity index (χ3v) is 2.48. The molecule has 4 heteroatoms. The molecule has 0 unspecified atom stereocenters. The van der Waals surface area contributed by atoms with Crippen molar-refractivity contribution in [3.8, 4) is 17.5 Å². The SMILES string of the molecule is Cc1ccc(-c2nc(N)c(C#N)[nH]2)c(C)c1. The van der Waals surface area contributed by atoms with Crippen LogP contribution in [0.25, 0.3) is 11.4 Å². The topological polar surface area (TPSA) is 78.5 Å². The zero-order valence-corrected chi connectivity index (χ0v) is 9.20. The fraction of sp³-hybridized carbons (Fsp3) is 0.167. The van der Waals surface area contributed by atoms with Gasteiger partial charge in [-0.25, -0.2) is 4.98 Å². The van der Waals surface area contributed by atoms with Gasteiger partial charge in [0.2, 0.25) is 0 Å². The Labute approximate surface area is 93.7 Å². The molecule has 1 heterocycles. The molecule has 4 nitrogen and oxygen atoms in total. The molecular formula is C12H12N4. The number of nitrogens with one attached hydrogen (secondary N) is 1. The van der Waals surface area contributed by atoms with E-state index in [1.807, 2.05) is 32.0 Å². The van der Waals surface area contributed by atoms with Crippen LogP contribution in [0.15, 0.2) is 18.2 Å². The number of hydrogen-bond donors (Lipinski definition) is 2. The van der Waals surface area contributed by atoms with Gasteiger partial charge >= 0.3 is 0 Å². The minimum absolute atomic E-state index is 0.248. The Morgan fingerprint density at radius 1 is 1.38 bits per heavy atom. The molecule has 16 heavy (non-hydrogen) atoms. The molecule has 0 saturated carbocycles. The van der Waals surface area contributed by atoms with Gasteiger partial charge in [0.1, 0.15) is 11.9 Å². The van der Waals surface area contributed by atoms with E-state index in [9.17, 15) is 0 Å². The highest BCUT2D eigenvalue weighted by Gasteiger charge is 2.10. The van der Waals surface area contributed by atoms with E-state index in [1.165, 1.54) is 5.56 Å². The highest BCUT2D eigenvalue weighted by molar-refractivity contribution is 5.64. The van der Waals surface area contributed by atoms with Crippen LogP contribution in [0, 0.1) is 25.2 Å². The quantitative estimate of drug-likeness (QED) is 0.760. The Bertz CT molecular complexity index is 575. The summed E-state index contributed by atoms with van der Waals surface area (Å²) in [4.78, 5) is 7.05. The Morgan fingerprint density at radius 2 is 2.12 bits per heavy atom. The van der Waals surface area contributed by atoms with E-state index in [4.69, 9.17) is 11.0 Å². The van der Waals surface area contributed by atoms with Gasteiger partial charge in [0.25, 0.3) is 0 Å². The van der Waals surface area contributed by atoms with Crippen molar-refractivity contribution in [2.24, 2.45) is 0 Å². The van der Waals surface area contributed by atoms with Crippen LogP contribution in [0.1, 0.15) is 16.8 Å². The molecule has 2 rings (SSSR count). The third kappa shape index (κ3) is 1.63. The van der Waals surface area contributed by atoms with E-state index in [2.05, 4.69) is 16.0 Å². The standard InChI is InChI=1S/C12H12N4/c1-7-3-4-9(8(2)5-7)12-15-10(6-13)11(14)16-12/h3-5H,14H2,1-2H3,(H,15,16). The highest BCUT2D eigenvalue weighted by atomic mass is 15.0. The number of rotatable bonds is 1. The van der Waals surface area contributed by atoms with Crippen LogP contribution in [0.4, 0.5) is 5.82 Å². The van der Waals surface area contributed by atoms with E-state index >= 15 is 0 Å². The normalized spacial score (nSPS) is 10.1. The third-order valence-electron chi connectivity index (χ3n) is 2.48. The zero-order chi connectivity index (χ0) is 11.7. The molecule has 0 spiro atoms. The van der Waals surface area contributed by atoms with E-state index in [-0.39, 0.29) is 5.82 Å². The van der Waals surface area contributed by atoms with E-state index in [1.54, 1.807) is 0 Å². The molecule has 3 N–H and O–H groups in total. The van der Waals surface area contributed by atoms with Crippen molar-refractivity contribution in [3.63, 3.8) is 0 Å². The summed E-state index contributed by atoms with van der Waals surface area (Å²) in [6, 6.07) is 8.03. The first-order valence-corrected chi connectivity index (χ1v) is 4.95. The van der Waals surface area contributed by atoms with Crippen LogP contribution in [0.3, 0.4) is 0 Å². The molecule has 1 aromatic carbocycles. The van der Waals surface area contributed by atoms with Gasteiger partial charge in [-0.2, -0.15) is 5.26 Å². The number of nitrogen functional groups attached to an aromatic ring is 1. The largest absolute Gasteiger partial charge is 0.381 e. The number of H-pyrrole nitrogens is 1. The average molecular weight is 212 g/mol. The lowest BCUT2D eigenvalue weighted by Crippen LogP contribution is -1.88. The van der Waals surface area contributed by atoms with Gasteiger partial charge < -0.3 is 10.7 Å². The van der Waals surface area contributed by atoms with Crippen LogP contribution in [-0.4, -0.2) is 9.97 Å². The lowest BCUT2D eigenvalue weighted by atomic mass is 10.1. The fourth-order valence-electron chi connectivity index (χ4n) is 1.68. The van der Waals surface area contributed by atoms with E-state index in [0.717, 1.165) is 11.1 Å². The van der Waals surface area contributed by atoms with Gasteiger partial charge in [-0.05, 0) is 19.4 Å². The van der Waals surface area contributed by atoms with Crippen molar-refractivity contribution in [1.82, 2.24) is 9.97 Å². The first kappa shape index (κ1) is 10.2. The van der Waals surface area contributed by atoms with Crippen molar-refractivity contribution < 1.29 is 0 Å². The van der Waals surface area contributed by atoms with Crippen molar-refractivity contribution in [1.29, 1.82) is 5.26 Å². The number of aromatic amines is 1. The second-order valence-corrected chi connectivity index (χ2v) is 3.78. The second-order valence-electron chi connectivity index (χ2n) is 3.78. The molecular weight excluding hydrogens is 200 g/mol. The number of anilines is 1. The molecule has 80 valence electrons. The Hall–Kier alpha value is -2.28. The number of nitrogens with two attached hydrogens (primary N) is 1. The first-order valence-electron chi connectivity index (χ1n) is 4.95. The number of imidazole rings is 1. The summed E-state index contributed by atoms with van der Waals surface area (Å²) in [5.74, 6) is 0.893. The predicted octanol–water partition coefficient (Wildman–Crippen LogP) is 2.15. The number of aryl methyl sites for hydroxylation is 2.